The van der Waals surface area contributed by atoms with Crippen molar-refractivity contribution in [1.29, 1.82) is 0 Å². The first-order valence-electron chi connectivity index (χ1n) is 6.78. The number of benzene rings is 1. The topological polar surface area (TPSA) is 33.1 Å². The molecule has 1 heterocycles. The van der Waals surface area contributed by atoms with E-state index < -0.39 is 5.60 Å². The number of hydrogen-bond donors (Lipinski definition) is 1. The SMILES string of the molecule is CC1CCCCC1(O)c1ccc2cccnc2c1. The van der Waals surface area contributed by atoms with E-state index in [-0.39, 0.29) is 0 Å². The molecule has 1 aromatic heterocycles. The quantitative estimate of drug-likeness (QED) is 0.827. The van der Waals surface area contributed by atoms with Gasteiger partial charge in [-0.15, -0.1) is 0 Å². The molecule has 0 saturated heterocycles. The molecule has 1 fully saturated rings. The van der Waals surface area contributed by atoms with Gasteiger partial charge >= 0.3 is 0 Å². The molecule has 1 saturated carbocycles. The molecule has 94 valence electrons. The highest BCUT2D eigenvalue weighted by atomic mass is 16.3. The number of fused-ring (bicyclic) bond motifs is 1. The molecule has 1 aromatic carbocycles. The minimum atomic E-state index is -0.663. The molecule has 1 aliphatic carbocycles. The molecular weight excluding hydrogens is 222 g/mol. The van der Waals surface area contributed by atoms with Crippen molar-refractivity contribution in [2.24, 2.45) is 5.92 Å². The zero-order valence-electron chi connectivity index (χ0n) is 10.8. The minimum absolute atomic E-state index is 0.326. The number of aliphatic hydroxyl groups is 1. The van der Waals surface area contributed by atoms with Crippen molar-refractivity contribution in [3.8, 4) is 0 Å². The van der Waals surface area contributed by atoms with Crippen LogP contribution in [0.4, 0.5) is 0 Å². The number of hydrogen-bond acceptors (Lipinski definition) is 2. The number of pyridine rings is 1. The van der Waals surface area contributed by atoms with Crippen molar-refractivity contribution < 1.29 is 5.11 Å². The van der Waals surface area contributed by atoms with E-state index in [1.807, 2.05) is 6.07 Å². The highest BCUT2D eigenvalue weighted by Crippen LogP contribution is 2.41. The van der Waals surface area contributed by atoms with Crippen LogP contribution in [0.3, 0.4) is 0 Å². The van der Waals surface area contributed by atoms with Crippen molar-refractivity contribution in [2.45, 2.75) is 38.2 Å². The van der Waals surface area contributed by atoms with Crippen LogP contribution in [-0.2, 0) is 5.60 Å². The van der Waals surface area contributed by atoms with Crippen LogP contribution in [0.15, 0.2) is 36.5 Å². The van der Waals surface area contributed by atoms with Crippen molar-refractivity contribution in [3.63, 3.8) is 0 Å². The summed E-state index contributed by atoms with van der Waals surface area (Å²) in [5.41, 5.74) is 1.34. The molecule has 0 amide bonds. The monoisotopic (exact) mass is 241 g/mol. The molecule has 3 rings (SSSR count). The summed E-state index contributed by atoms with van der Waals surface area (Å²) < 4.78 is 0. The Bertz CT molecular complexity index is 566. The molecule has 2 unspecified atom stereocenters. The van der Waals surface area contributed by atoms with E-state index in [1.165, 1.54) is 6.42 Å². The second-order valence-electron chi connectivity index (χ2n) is 5.48. The summed E-state index contributed by atoms with van der Waals surface area (Å²) in [6.07, 6.45) is 6.13. The molecule has 2 aromatic rings. The van der Waals surface area contributed by atoms with Crippen molar-refractivity contribution >= 4 is 10.9 Å². The summed E-state index contributed by atoms with van der Waals surface area (Å²) in [6, 6.07) is 10.2. The Kier molecular flexibility index (Phi) is 2.83. The predicted molar refractivity (Wildman–Crippen MR) is 73.3 cm³/mol. The predicted octanol–water partition coefficient (Wildman–Crippen LogP) is 3.63. The Morgan fingerprint density at radius 3 is 3.00 bits per heavy atom. The zero-order valence-corrected chi connectivity index (χ0v) is 10.8. The lowest BCUT2D eigenvalue weighted by molar-refractivity contribution is -0.0468. The lowest BCUT2D eigenvalue weighted by atomic mass is 9.72. The lowest BCUT2D eigenvalue weighted by Crippen LogP contribution is -2.36. The Morgan fingerprint density at radius 1 is 1.28 bits per heavy atom. The van der Waals surface area contributed by atoms with Gasteiger partial charge in [-0.2, -0.15) is 0 Å². The molecule has 0 bridgehead atoms. The second kappa shape index (κ2) is 4.36. The number of nitrogens with zero attached hydrogens (tertiary/aromatic N) is 1. The van der Waals surface area contributed by atoms with Gasteiger partial charge in [0.15, 0.2) is 0 Å². The van der Waals surface area contributed by atoms with E-state index in [0.29, 0.717) is 5.92 Å². The third-order valence-electron chi connectivity index (χ3n) is 4.37. The van der Waals surface area contributed by atoms with Gasteiger partial charge in [0.25, 0.3) is 0 Å². The molecule has 2 atom stereocenters. The molecular formula is C16H19NO. The van der Waals surface area contributed by atoms with Gasteiger partial charge in [-0.1, -0.05) is 38.0 Å². The van der Waals surface area contributed by atoms with E-state index in [0.717, 1.165) is 35.7 Å². The lowest BCUT2D eigenvalue weighted by Gasteiger charge is -2.38. The average molecular weight is 241 g/mol. The zero-order chi connectivity index (χ0) is 12.6. The standard InChI is InChI=1S/C16H19NO/c1-12-5-2-3-9-16(12,18)14-8-7-13-6-4-10-17-15(13)11-14/h4,6-8,10-12,18H,2-3,5,9H2,1H3. The Morgan fingerprint density at radius 2 is 2.17 bits per heavy atom. The molecule has 0 aliphatic heterocycles. The van der Waals surface area contributed by atoms with Crippen LogP contribution >= 0.6 is 0 Å². The van der Waals surface area contributed by atoms with Crippen LogP contribution in [0.25, 0.3) is 10.9 Å². The van der Waals surface area contributed by atoms with Gasteiger partial charge in [-0.05, 0) is 36.5 Å². The molecule has 1 N–H and O–H groups in total. The summed E-state index contributed by atoms with van der Waals surface area (Å²) >= 11 is 0. The molecule has 0 radical (unpaired) electrons. The van der Waals surface area contributed by atoms with Crippen LogP contribution in [0.5, 0.6) is 0 Å². The van der Waals surface area contributed by atoms with E-state index in [4.69, 9.17) is 0 Å². The summed E-state index contributed by atoms with van der Waals surface area (Å²) in [7, 11) is 0. The van der Waals surface area contributed by atoms with Gasteiger partial charge in [-0.3, -0.25) is 4.98 Å². The van der Waals surface area contributed by atoms with Gasteiger partial charge < -0.3 is 5.11 Å². The molecule has 1 aliphatic rings. The maximum Gasteiger partial charge on any atom is 0.0922 e. The van der Waals surface area contributed by atoms with E-state index >= 15 is 0 Å². The molecule has 18 heavy (non-hydrogen) atoms. The third kappa shape index (κ3) is 1.81. The largest absolute Gasteiger partial charge is 0.385 e. The van der Waals surface area contributed by atoms with E-state index in [1.54, 1.807) is 6.20 Å². The maximum atomic E-state index is 10.9. The van der Waals surface area contributed by atoms with E-state index in [9.17, 15) is 5.11 Å². The van der Waals surface area contributed by atoms with Crippen LogP contribution in [0.2, 0.25) is 0 Å². The van der Waals surface area contributed by atoms with Crippen LogP contribution in [0.1, 0.15) is 38.2 Å². The smallest absolute Gasteiger partial charge is 0.0922 e. The highest BCUT2D eigenvalue weighted by Gasteiger charge is 2.37. The molecule has 2 nitrogen and oxygen atoms in total. The van der Waals surface area contributed by atoms with Gasteiger partial charge in [0.1, 0.15) is 0 Å². The van der Waals surface area contributed by atoms with Crippen LogP contribution in [-0.4, -0.2) is 10.1 Å². The first kappa shape index (κ1) is 11.7. The Hall–Kier alpha value is -1.41. The summed E-state index contributed by atoms with van der Waals surface area (Å²) in [4.78, 5) is 4.38. The fourth-order valence-corrected chi connectivity index (χ4v) is 3.09. The fourth-order valence-electron chi connectivity index (χ4n) is 3.09. The Labute approximate surface area is 108 Å². The second-order valence-corrected chi connectivity index (χ2v) is 5.48. The first-order valence-corrected chi connectivity index (χ1v) is 6.78. The maximum absolute atomic E-state index is 10.9. The minimum Gasteiger partial charge on any atom is -0.385 e. The first-order chi connectivity index (χ1) is 8.70. The van der Waals surface area contributed by atoms with Crippen LogP contribution in [0, 0.1) is 5.92 Å². The number of rotatable bonds is 1. The van der Waals surface area contributed by atoms with Gasteiger partial charge in [0.05, 0.1) is 11.1 Å². The molecule has 2 heteroatoms. The Balaban J connectivity index is 2.07. The summed E-state index contributed by atoms with van der Waals surface area (Å²) in [5, 5.41) is 12.1. The van der Waals surface area contributed by atoms with Crippen molar-refractivity contribution in [3.05, 3.63) is 42.1 Å². The van der Waals surface area contributed by atoms with Crippen molar-refractivity contribution in [2.75, 3.05) is 0 Å². The van der Waals surface area contributed by atoms with Crippen LogP contribution < -0.4 is 0 Å². The number of aromatic nitrogens is 1. The highest BCUT2D eigenvalue weighted by molar-refractivity contribution is 5.79. The third-order valence-corrected chi connectivity index (χ3v) is 4.37. The summed E-state index contributed by atoms with van der Waals surface area (Å²) in [5.74, 6) is 0.326. The fraction of sp³-hybridized carbons (Fsp3) is 0.438. The van der Waals surface area contributed by atoms with Gasteiger partial charge in [0.2, 0.25) is 0 Å². The summed E-state index contributed by atoms with van der Waals surface area (Å²) in [6.45, 7) is 2.15. The van der Waals surface area contributed by atoms with Gasteiger partial charge in [0, 0.05) is 11.6 Å². The molecule has 0 spiro atoms. The van der Waals surface area contributed by atoms with Crippen molar-refractivity contribution in [1.82, 2.24) is 4.98 Å². The van der Waals surface area contributed by atoms with E-state index in [2.05, 4.69) is 36.2 Å². The average Bonchev–Trinajstić information content (AvgIpc) is 2.42. The van der Waals surface area contributed by atoms with Gasteiger partial charge in [-0.25, -0.2) is 0 Å². The normalized spacial score (nSPS) is 28.4.